The van der Waals surface area contributed by atoms with E-state index in [4.69, 9.17) is 9.47 Å². The second-order valence-electron chi connectivity index (χ2n) is 6.57. The summed E-state index contributed by atoms with van der Waals surface area (Å²) in [6.45, 7) is 7.30. The Bertz CT molecular complexity index is 714. The molecule has 2 rings (SSSR count). The van der Waals surface area contributed by atoms with Gasteiger partial charge >= 0.3 is 0 Å². The lowest BCUT2D eigenvalue weighted by atomic mass is 10.1. The molecule has 0 radical (unpaired) electrons. The summed E-state index contributed by atoms with van der Waals surface area (Å²) in [5, 5.41) is 2.97. The molecule has 0 fully saturated rings. The molecule has 0 spiro atoms. The van der Waals surface area contributed by atoms with Crippen molar-refractivity contribution in [2.75, 3.05) is 13.2 Å². The van der Waals surface area contributed by atoms with Crippen LogP contribution < -0.4 is 14.8 Å². The lowest BCUT2D eigenvalue weighted by molar-refractivity contribution is -0.127. The van der Waals surface area contributed by atoms with Crippen molar-refractivity contribution in [3.05, 3.63) is 59.7 Å². The third-order valence-corrected chi connectivity index (χ3v) is 4.38. The van der Waals surface area contributed by atoms with Gasteiger partial charge in [0.1, 0.15) is 11.5 Å². The molecule has 0 heterocycles. The first-order chi connectivity index (χ1) is 13.2. The quantitative estimate of drug-likeness (QED) is 0.591. The van der Waals surface area contributed by atoms with Gasteiger partial charge < -0.3 is 14.8 Å². The molecule has 1 amide bonds. The lowest BCUT2D eigenvalue weighted by Gasteiger charge is -2.17. The topological polar surface area (TPSA) is 47.6 Å². The molecule has 0 saturated carbocycles. The van der Waals surface area contributed by atoms with Crippen LogP contribution in [0.1, 0.15) is 44.7 Å². The standard InChI is InChI=1S/C23H31NO3/c1-4-17-26-21-14-8-7-12-20(21)13-10-16-24-23(25)18(3)27-22-15-9-6-11-19(22)5-2/h6-9,11-12,14-15,18H,4-5,10,13,16-17H2,1-3H3,(H,24,25)/t18-/m1/s1. The summed E-state index contributed by atoms with van der Waals surface area (Å²) in [7, 11) is 0. The molecule has 4 heteroatoms. The zero-order chi connectivity index (χ0) is 19.5. The van der Waals surface area contributed by atoms with E-state index < -0.39 is 6.10 Å². The van der Waals surface area contributed by atoms with Gasteiger partial charge in [-0.2, -0.15) is 0 Å². The number of rotatable bonds is 11. The van der Waals surface area contributed by atoms with Crippen molar-refractivity contribution < 1.29 is 14.3 Å². The van der Waals surface area contributed by atoms with E-state index in [1.807, 2.05) is 42.5 Å². The fraction of sp³-hybridized carbons (Fsp3) is 0.435. The predicted octanol–water partition coefficient (Wildman–Crippen LogP) is 4.55. The first-order valence-corrected chi connectivity index (χ1v) is 9.88. The minimum Gasteiger partial charge on any atom is -0.493 e. The van der Waals surface area contributed by atoms with Crippen LogP contribution in [-0.4, -0.2) is 25.2 Å². The monoisotopic (exact) mass is 369 g/mol. The number of hydrogen-bond donors (Lipinski definition) is 1. The molecule has 0 unspecified atom stereocenters. The number of benzene rings is 2. The van der Waals surface area contributed by atoms with Crippen LogP contribution in [0.3, 0.4) is 0 Å². The van der Waals surface area contributed by atoms with Gasteiger partial charge in [0.05, 0.1) is 6.61 Å². The SMILES string of the molecule is CCCOc1ccccc1CCCNC(=O)[C@@H](C)Oc1ccccc1CC. The Kier molecular flexibility index (Phi) is 8.69. The van der Waals surface area contributed by atoms with Crippen molar-refractivity contribution in [1.29, 1.82) is 0 Å². The summed E-state index contributed by atoms with van der Waals surface area (Å²) in [5.74, 6) is 1.64. The Hall–Kier alpha value is -2.49. The molecule has 4 nitrogen and oxygen atoms in total. The van der Waals surface area contributed by atoms with E-state index in [0.717, 1.165) is 49.4 Å². The fourth-order valence-corrected chi connectivity index (χ4v) is 2.85. The average molecular weight is 370 g/mol. The molecule has 0 saturated heterocycles. The molecule has 0 aliphatic carbocycles. The summed E-state index contributed by atoms with van der Waals surface area (Å²) < 4.78 is 11.6. The number of carbonyl (C=O) groups excluding carboxylic acids is 1. The number of para-hydroxylation sites is 2. The first kappa shape index (κ1) is 20.8. The Morgan fingerprint density at radius 1 is 1.00 bits per heavy atom. The van der Waals surface area contributed by atoms with Crippen LogP contribution in [0.25, 0.3) is 0 Å². The number of nitrogens with one attached hydrogen (secondary N) is 1. The van der Waals surface area contributed by atoms with Crippen LogP contribution in [0, 0.1) is 0 Å². The summed E-state index contributed by atoms with van der Waals surface area (Å²) in [4.78, 5) is 12.3. The summed E-state index contributed by atoms with van der Waals surface area (Å²) in [6.07, 6.45) is 3.08. The normalized spacial score (nSPS) is 11.7. The lowest BCUT2D eigenvalue weighted by Crippen LogP contribution is -2.37. The molecule has 1 atom stereocenters. The minimum atomic E-state index is -0.516. The van der Waals surface area contributed by atoms with Crippen LogP contribution in [-0.2, 0) is 17.6 Å². The van der Waals surface area contributed by atoms with Gasteiger partial charge in [-0.3, -0.25) is 4.79 Å². The van der Waals surface area contributed by atoms with Gasteiger partial charge in [-0.05, 0) is 55.9 Å². The third-order valence-electron chi connectivity index (χ3n) is 4.38. The van der Waals surface area contributed by atoms with Crippen LogP contribution in [0.2, 0.25) is 0 Å². The van der Waals surface area contributed by atoms with Gasteiger partial charge in [0.15, 0.2) is 6.10 Å². The van der Waals surface area contributed by atoms with Crippen molar-refractivity contribution in [1.82, 2.24) is 5.32 Å². The Labute approximate surface area is 162 Å². The number of hydrogen-bond acceptors (Lipinski definition) is 3. The number of carbonyl (C=O) groups is 1. The molecule has 0 aliphatic rings. The van der Waals surface area contributed by atoms with Crippen molar-refractivity contribution in [3.63, 3.8) is 0 Å². The van der Waals surface area contributed by atoms with Gasteiger partial charge in [-0.1, -0.05) is 50.2 Å². The van der Waals surface area contributed by atoms with E-state index in [2.05, 4.69) is 25.2 Å². The van der Waals surface area contributed by atoms with E-state index in [-0.39, 0.29) is 5.91 Å². The molecule has 2 aromatic rings. The Balaban J connectivity index is 1.77. The van der Waals surface area contributed by atoms with Crippen molar-refractivity contribution in [2.45, 2.75) is 52.6 Å². The summed E-state index contributed by atoms with van der Waals surface area (Å²) >= 11 is 0. The van der Waals surface area contributed by atoms with E-state index in [9.17, 15) is 4.79 Å². The first-order valence-electron chi connectivity index (χ1n) is 9.88. The summed E-state index contributed by atoms with van der Waals surface area (Å²) in [6, 6.07) is 16.0. The Morgan fingerprint density at radius 3 is 2.37 bits per heavy atom. The van der Waals surface area contributed by atoms with Crippen LogP contribution >= 0.6 is 0 Å². The maximum atomic E-state index is 12.3. The van der Waals surface area contributed by atoms with Crippen LogP contribution in [0.15, 0.2) is 48.5 Å². The highest BCUT2D eigenvalue weighted by Gasteiger charge is 2.15. The maximum absolute atomic E-state index is 12.3. The highest BCUT2D eigenvalue weighted by molar-refractivity contribution is 5.80. The molecule has 0 bridgehead atoms. The van der Waals surface area contributed by atoms with E-state index >= 15 is 0 Å². The van der Waals surface area contributed by atoms with Crippen LogP contribution in [0.4, 0.5) is 0 Å². The average Bonchev–Trinajstić information content (AvgIpc) is 2.70. The highest BCUT2D eigenvalue weighted by Crippen LogP contribution is 2.20. The van der Waals surface area contributed by atoms with E-state index in [1.165, 1.54) is 5.56 Å². The van der Waals surface area contributed by atoms with E-state index in [1.54, 1.807) is 6.92 Å². The van der Waals surface area contributed by atoms with Crippen molar-refractivity contribution >= 4 is 5.91 Å². The molecule has 0 aromatic heterocycles. The van der Waals surface area contributed by atoms with Gasteiger partial charge in [-0.15, -0.1) is 0 Å². The molecule has 27 heavy (non-hydrogen) atoms. The second kappa shape index (κ2) is 11.3. The Morgan fingerprint density at radius 2 is 1.67 bits per heavy atom. The van der Waals surface area contributed by atoms with Gasteiger partial charge in [-0.25, -0.2) is 0 Å². The zero-order valence-corrected chi connectivity index (χ0v) is 16.7. The van der Waals surface area contributed by atoms with Crippen LogP contribution in [0.5, 0.6) is 11.5 Å². The molecule has 2 aromatic carbocycles. The van der Waals surface area contributed by atoms with Gasteiger partial charge in [0.2, 0.25) is 0 Å². The molecule has 1 N–H and O–H groups in total. The number of aryl methyl sites for hydroxylation is 2. The third kappa shape index (κ3) is 6.63. The predicted molar refractivity (Wildman–Crippen MR) is 109 cm³/mol. The summed E-state index contributed by atoms with van der Waals surface area (Å²) in [5.41, 5.74) is 2.29. The molecular formula is C23H31NO3. The molecular weight excluding hydrogens is 338 g/mol. The van der Waals surface area contributed by atoms with Crippen molar-refractivity contribution in [3.8, 4) is 11.5 Å². The van der Waals surface area contributed by atoms with Gasteiger partial charge in [0, 0.05) is 6.54 Å². The number of amides is 1. The highest BCUT2D eigenvalue weighted by atomic mass is 16.5. The van der Waals surface area contributed by atoms with Gasteiger partial charge in [0.25, 0.3) is 5.91 Å². The largest absolute Gasteiger partial charge is 0.493 e. The second-order valence-corrected chi connectivity index (χ2v) is 6.57. The van der Waals surface area contributed by atoms with E-state index in [0.29, 0.717) is 6.54 Å². The molecule has 146 valence electrons. The smallest absolute Gasteiger partial charge is 0.260 e. The number of ether oxygens (including phenoxy) is 2. The minimum absolute atomic E-state index is 0.0866. The zero-order valence-electron chi connectivity index (χ0n) is 16.7. The maximum Gasteiger partial charge on any atom is 0.260 e. The molecule has 0 aliphatic heterocycles. The fourth-order valence-electron chi connectivity index (χ4n) is 2.85. The van der Waals surface area contributed by atoms with Crippen molar-refractivity contribution in [2.24, 2.45) is 0 Å².